The number of aliphatic hydroxyl groups is 1. The molecule has 1 heterocycles. The third kappa shape index (κ3) is 3.05. The number of carbonyl (C=O) groups excluding carboxylic acids is 2. The number of benzene rings is 1. The van der Waals surface area contributed by atoms with Crippen LogP contribution < -0.4 is 0 Å². The van der Waals surface area contributed by atoms with Crippen LogP contribution in [0.3, 0.4) is 0 Å². The number of imide groups is 1. The normalized spacial score (nSPS) is 19.0. The van der Waals surface area contributed by atoms with Crippen molar-refractivity contribution < 1.29 is 14.7 Å². The molecule has 1 atom stereocenters. The molecule has 126 valence electrons. The van der Waals surface area contributed by atoms with Gasteiger partial charge in [-0.1, -0.05) is 31.5 Å². The summed E-state index contributed by atoms with van der Waals surface area (Å²) in [6.45, 7) is 4.85. The van der Waals surface area contributed by atoms with Crippen molar-refractivity contribution in [2.24, 2.45) is 10.9 Å². The number of hydrogen-bond donors (Lipinski definition) is 1. The predicted molar refractivity (Wildman–Crippen MR) is 89.8 cm³/mol. The average molecular weight is 348 g/mol. The number of halogens is 1. The van der Waals surface area contributed by atoms with Gasteiger partial charge in [0.15, 0.2) is 0 Å². The molecule has 1 aromatic carbocycles. The summed E-state index contributed by atoms with van der Waals surface area (Å²) < 4.78 is 0. The van der Waals surface area contributed by atoms with Crippen LogP contribution in [0.2, 0.25) is 5.02 Å². The van der Waals surface area contributed by atoms with Crippen LogP contribution in [0.15, 0.2) is 23.2 Å². The third-order valence-corrected chi connectivity index (χ3v) is 4.54. The first-order valence-electron chi connectivity index (χ1n) is 7.50. The van der Waals surface area contributed by atoms with Crippen LogP contribution in [0.5, 0.6) is 0 Å². The molecule has 1 N–H and O–H groups in total. The zero-order chi connectivity index (χ0) is 18.1. The summed E-state index contributed by atoms with van der Waals surface area (Å²) in [4.78, 5) is 30.2. The van der Waals surface area contributed by atoms with Gasteiger partial charge in [0.2, 0.25) is 5.91 Å². The summed E-state index contributed by atoms with van der Waals surface area (Å²) in [6.07, 6.45) is -0.180. The Bertz CT molecular complexity index is 767. The van der Waals surface area contributed by atoms with Gasteiger partial charge in [0, 0.05) is 10.6 Å². The standard InChI is InChI=1S/C17H18ClN3O3/c1-10(2)17(3,9-19)21-15(23)7-14(16(21)24)20-13-6-12(18)5-4-11(13)8-22/h4-6,10,22H,7-8H2,1-3H3. The van der Waals surface area contributed by atoms with Crippen LogP contribution in [0, 0.1) is 17.2 Å². The van der Waals surface area contributed by atoms with Crippen molar-refractivity contribution in [1.29, 1.82) is 5.26 Å². The molecule has 24 heavy (non-hydrogen) atoms. The fourth-order valence-corrected chi connectivity index (χ4v) is 2.62. The van der Waals surface area contributed by atoms with Gasteiger partial charge in [0.05, 0.1) is 24.8 Å². The fourth-order valence-electron chi connectivity index (χ4n) is 2.46. The zero-order valence-corrected chi connectivity index (χ0v) is 14.5. The Kier molecular flexibility index (Phi) is 5.07. The molecule has 0 bridgehead atoms. The summed E-state index contributed by atoms with van der Waals surface area (Å²) in [5.41, 5.74) is -0.359. The highest BCUT2D eigenvalue weighted by Crippen LogP contribution is 2.31. The van der Waals surface area contributed by atoms with Crippen LogP contribution in [0.1, 0.15) is 32.8 Å². The molecule has 0 radical (unpaired) electrons. The van der Waals surface area contributed by atoms with Crippen molar-refractivity contribution in [3.63, 3.8) is 0 Å². The van der Waals surface area contributed by atoms with Crippen molar-refractivity contribution in [1.82, 2.24) is 4.90 Å². The van der Waals surface area contributed by atoms with E-state index < -0.39 is 17.4 Å². The highest BCUT2D eigenvalue weighted by Gasteiger charge is 2.48. The van der Waals surface area contributed by atoms with Gasteiger partial charge in [-0.3, -0.25) is 14.5 Å². The van der Waals surface area contributed by atoms with E-state index in [0.29, 0.717) is 16.3 Å². The molecule has 1 fully saturated rings. The molecule has 2 amide bonds. The minimum atomic E-state index is -1.24. The fraction of sp³-hybridized carbons (Fsp3) is 0.412. The molecule has 0 spiro atoms. The maximum absolute atomic E-state index is 12.6. The van der Waals surface area contributed by atoms with Crippen molar-refractivity contribution in [3.05, 3.63) is 28.8 Å². The molecule has 2 rings (SSSR count). The van der Waals surface area contributed by atoms with E-state index in [1.807, 2.05) is 0 Å². The van der Waals surface area contributed by atoms with Crippen LogP contribution >= 0.6 is 11.6 Å². The van der Waals surface area contributed by atoms with Gasteiger partial charge in [-0.25, -0.2) is 4.99 Å². The van der Waals surface area contributed by atoms with Crippen LogP contribution in [0.25, 0.3) is 0 Å². The highest BCUT2D eigenvalue weighted by atomic mass is 35.5. The number of aliphatic hydroxyl groups excluding tert-OH is 1. The summed E-state index contributed by atoms with van der Waals surface area (Å²) in [5, 5.41) is 19.2. The number of rotatable bonds is 4. The Morgan fingerprint density at radius 3 is 2.67 bits per heavy atom. The Hall–Kier alpha value is -2.23. The Labute approximate surface area is 145 Å². The number of nitrogens with zero attached hydrogens (tertiary/aromatic N) is 3. The van der Waals surface area contributed by atoms with E-state index in [1.165, 1.54) is 6.07 Å². The minimum absolute atomic E-state index is 0.0408. The maximum Gasteiger partial charge on any atom is 0.276 e. The summed E-state index contributed by atoms with van der Waals surface area (Å²) in [5.74, 6) is -1.26. The van der Waals surface area contributed by atoms with Crippen molar-refractivity contribution in [3.8, 4) is 6.07 Å². The lowest BCUT2D eigenvalue weighted by atomic mass is 9.88. The molecular formula is C17H18ClN3O3. The molecule has 7 heteroatoms. The molecule has 1 unspecified atom stereocenters. The van der Waals surface area contributed by atoms with E-state index in [-0.39, 0.29) is 24.7 Å². The minimum Gasteiger partial charge on any atom is -0.392 e. The molecule has 6 nitrogen and oxygen atoms in total. The smallest absolute Gasteiger partial charge is 0.276 e. The predicted octanol–water partition coefficient (Wildman–Crippen LogP) is 2.60. The van der Waals surface area contributed by atoms with E-state index in [9.17, 15) is 20.0 Å². The molecule has 1 aliphatic heterocycles. The lowest BCUT2D eigenvalue weighted by molar-refractivity contribution is -0.143. The monoisotopic (exact) mass is 347 g/mol. The molecule has 1 aromatic rings. The number of nitriles is 1. The van der Waals surface area contributed by atoms with E-state index in [4.69, 9.17) is 11.6 Å². The summed E-state index contributed by atoms with van der Waals surface area (Å²) >= 11 is 5.93. The Balaban J connectivity index is 2.46. The van der Waals surface area contributed by atoms with Crippen LogP contribution in [-0.4, -0.2) is 33.1 Å². The second-order valence-corrected chi connectivity index (χ2v) is 6.55. The topological polar surface area (TPSA) is 93.8 Å². The van der Waals surface area contributed by atoms with E-state index in [0.717, 1.165) is 4.90 Å². The summed E-state index contributed by atoms with van der Waals surface area (Å²) in [6, 6.07) is 6.80. The molecular weight excluding hydrogens is 330 g/mol. The van der Waals surface area contributed by atoms with Crippen molar-refractivity contribution in [2.75, 3.05) is 0 Å². The second-order valence-electron chi connectivity index (χ2n) is 6.11. The number of amides is 2. The van der Waals surface area contributed by atoms with Gasteiger partial charge < -0.3 is 5.11 Å². The van der Waals surface area contributed by atoms with Gasteiger partial charge in [-0.05, 0) is 25.0 Å². The van der Waals surface area contributed by atoms with Gasteiger partial charge in [0.25, 0.3) is 5.91 Å². The first kappa shape index (κ1) is 18.1. The summed E-state index contributed by atoms with van der Waals surface area (Å²) in [7, 11) is 0. The van der Waals surface area contributed by atoms with Crippen molar-refractivity contribution >= 4 is 34.8 Å². The van der Waals surface area contributed by atoms with E-state index in [1.54, 1.807) is 32.9 Å². The van der Waals surface area contributed by atoms with Gasteiger partial charge in [0.1, 0.15) is 11.3 Å². The van der Waals surface area contributed by atoms with Gasteiger partial charge >= 0.3 is 0 Å². The SMILES string of the molecule is CC(C)C(C)(C#N)N1C(=O)CC(=Nc2cc(Cl)ccc2CO)C1=O. The van der Waals surface area contributed by atoms with Gasteiger partial charge in [-0.2, -0.15) is 5.26 Å². The lowest BCUT2D eigenvalue weighted by Gasteiger charge is -2.33. The zero-order valence-electron chi connectivity index (χ0n) is 13.7. The quantitative estimate of drug-likeness (QED) is 0.847. The van der Waals surface area contributed by atoms with Crippen LogP contribution in [0.4, 0.5) is 5.69 Å². The number of likely N-dealkylation sites (tertiary alicyclic amines) is 1. The number of hydrogen-bond acceptors (Lipinski definition) is 5. The van der Waals surface area contributed by atoms with E-state index in [2.05, 4.69) is 11.1 Å². The largest absolute Gasteiger partial charge is 0.392 e. The average Bonchev–Trinajstić information content (AvgIpc) is 2.81. The molecule has 0 aromatic heterocycles. The third-order valence-electron chi connectivity index (χ3n) is 4.31. The van der Waals surface area contributed by atoms with Gasteiger partial charge in [-0.15, -0.1) is 0 Å². The molecule has 1 aliphatic rings. The van der Waals surface area contributed by atoms with Crippen molar-refractivity contribution in [2.45, 2.75) is 39.3 Å². The van der Waals surface area contributed by atoms with E-state index >= 15 is 0 Å². The molecule has 0 saturated carbocycles. The molecule has 1 saturated heterocycles. The number of aliphatic imine (C=N–C) groups is 1. The Morgan fingerprint density at radius 1 is 1.46 bits per heavy atom. The number of carbonyl (C=O) groups is 2. The lowest BCUT2D eigenvalue weighted by Crippen LogP contribution is -2.52. The second kappa shape index (κ2) is 6.71. The Morgan fingerprint density at radius 2 is 2.12 bits per heavy atom. The first-order valence-corrected chi connectivity index (χ1v) is 7.88. The molecule has 0 aliphatic carbocycles. The highest BCUT2D eigenvalue weighted by molar-refractivity contribution is 6.49. The first-order chi connectivity index (χ1) is 11.2. The van der Waals surface area contributed by atoms with Crippen LogP contribution in [-0.2, 0) is 16.2 Å². The maximum atomic E-state index is 12.6.